The summed E-state index contributed by atoms with van der Waals surface area (Å²) in [5.74, 6) is -4.80. The van der Waals surface area contributed by atoms with Crippen molar-refractivity contribution in [2.24, 2.45) is 0 Å². The molecule has 0 saturated heterocycles. The van der Waals surface area contributed by atoms with Gasteiger partial charge in [-0.25, -0.2) is 9.78 Å². The summed E-state index contributed by atoms with van der Waals surface area (Å²) >= 11 is 0. The molecule has 228 valence electrons. The third kappa shape index (κ3) is 11.1. The van der Waals surface area contributed by atoms with E-state index in [9.17, 15) is 37.5 Å². The maximum Gasteiger partial charge on any atom is 0.490 e. The van der Waals surface area contributed by atoms with Crippen molar-refractivity contribution in [1.29, 1.82) is 0 Å². The number of carboxylic acids is 1. The molecule has 0 saturated carbocycles. The van der Waals surface area contributed by atoms with E-state index >= 15 is 0 Å². The molecule has 0 aliphatic rings. The number of carbonyl (C=O) groups is 4. The van der Waals surface area contributed by atoms with Crippen LogP contribution in [-0.2, 0) is 23.9 Å². The van der Waals surface area contributed by atoms with E-state index in [4.69, 9.17) is 0 Å². The van der Waals surface area contributed by atoms with Crippen LogP contribution in [0.2, 0.25) is 0 Å². The number of pyridine rings is 1. The summed E-state index contributed by atoms with van der Waals surface area (Å²) in [7, 11) is 0. The number of hydrogen-bond donors (Lipinski definition) is 4. The molecule has 0 spiro atoms. The third-order valence-corrected chi connectivity index (χ3v) is 6.18. The highest BCUT2D eigenvalue weighted by molar-refractivity contribution is 5.88. The number of ether oxygens (including phenoxy) is 1. The number of carboxylic acid groups (broad SMARTS) is 1. The number of benzene rings is 2. The van der Waals surface area contributed by atoms with Gasteiger partial charge < -0.3 is 25.8 Å². The lowest BCUT2D eigenvalue weighted by Gasteiger charge is -2.23. The first-order valence-electron chi connectivity index (χ1n) is 13.4. The number of aromatic nitrogens is 1. The van der Waals surface area contributed by atoms with Gasteiger partial charge in [-0.1, -0.05) is 60.7 Å². The van der Waals surface area contributed by atoms with Gasteiger partial charge in [-0.05, 0) is 41.7 Å². The Balaban J connectivity index is 1.65. The Hall–Kier alpha value is -4.94. The van der Waals surface area contributed by atoms with Crippen molar-refractivity contribution >= 4 is 29.6 Å². The predicted octanol–water partition coefficient (Wildman–Crippen LogP) is 4.25. The molecular weight excluding hydrogens is 569 g/mol. The summed E-state index contributed by atoms with van der Waals surface area (Å²) < 4.78 is 42.4. The number of halogens is 3. The zero-order chi connectivity index (χ0) is 31.2. The van der Waals surface area contributed by atoms with Crippen LogP contribution in [-0.4, -0.2) is 59.2 Å². The summed E-state index contributed by atoms with van der Waals surface area (Å²) in [4.78, 5) is 52.6. The monoisotopic (exact) mass is 600 g/mol. The number of anilines is 1. The highest BCUT2D eigenvalue weighted by atomic mass is 19.4. The maximum atomic E-state index is 13.1. The van der Waals surface area contributed by atoms with Crippen LogP contribution in [0.15, 0.2) is 79.0 Å². The van der Waals surface area contributed by atoms with Crippen LogP contribution >= 0.6 is 0 Å². The van der Waals surface area contributed by atoms with Crippen molar-refractivity contribution in [3.8, 4) is 11.1 Å². The zero-order valence-corrected chi connectivity index (χ0v) is 23.0. The Kier molecular flexibility index (Phi) is 12.0. The highest BCUT2D eigenvalue weighted by Gasteiger charge is 2.41. The van der Waals surface area contributed by atoms with E-state index in [2.05, 4.69) is 25.7 Å². The second-order valence-corrected chi connectivity index (χ2v) is 9.46. The molecule has 10 nitrogen and oxygen atoms in total. The lowest BCUT2D eigenvalue weighted by Crippen LogP contribution is -2.51. The van der Waals surface area contributed by atoms with Crippen molar-refractivity contribution in [2.75, 3.05) is 18.5 Å². The Morgan fingerprint density at radius 1 is 0.860 bits per heavy atom. The standard InChI is InChI=1S/C30H31F3N4O6/c31-30(32,33)29(42)43-19-24(36-26(38)11-5-7-17-35-25-10-4-6-16-34-25)28(41)37-23(18-27(39)40)22-14-12-21(13-15-22)20-8-2-1-3-9-20/h1-4,6,8-10,12-16,23-24H,5,7,11,17-19H2,(H,34,35)(H,36,38)(H,37,41)(H,39,40)/t23?,24-/m0/s1. The molecule has 13 heteroatoms. The van der Waals surface area contributed by atoms with Gasteiger partial charge >= 0.3 is 18.1 Å². The number of aliphatic carboxylic acids is 1. The summed E-state index contributed by atoms with van der Waals surface area (Å²) in [6.07, 6.45) is -3.39. The number of amides is 2. The van der Waals surface area contributed by atoms with E-state index in [1.165, 1.54) is 0 Å². The van der Waals surface area contributed by atoms with Gasteiger partial charge in [-0.2, -0.15) is 13.2 Å². The van der Waals surface area contributed by atoms with Crippen molar-refractivity contribution in [3.05, 3.63) is 84.6 Å². The molecule has 3 aromatic rings. The molecule has 2 atom stereocenters. The van der Waals surface area contributed by atoms with Gasteiger partial charge in [0, 0.05) is 19.2 Å². The smallest absolute Gasteiger partial charge is 0.481 e. The lowest BCUT2D eigenvalue weighted by atomic mass is 9.99. The third-order valence-electron chi connectivity index (χ3n) is 6.18. The second-order valence-electron chi connectivity index (χ2n) is 9.46. The van der Waals surface area contributed by atoms with Crippen LogP contribution in [0.1, 0.15) is 37.3 Å². The first kappa shape index (κ1) is 32.6. The fourth-order valence-corrected chi connectivity index (χ4v) is 4.02. The summed E-state index contributed by atoms with van der Waals surface area (Å²) in [6, 6.07) is 18.6. The van der Waals surface area contributed by atoms with Crippen molar-refractivity contribution in [1.82, 2.24) is 15.6 Å². The molecule has 1 aromatic heterocycles. The Morgan fingerprint density at radius 3 is 2.16 bits per heavy atom. The molecule has 0 aliphatic carbocycles. The normalized spacial score (nSPS) is 12.4. The van der Waals surface area contributed by atoms with Crippen LogP contribution in [0.25, 0.3) is 11.1 Å². The van der Waals surface area contributed by atoms with Crippen LogP contribution in [0.5, 0.6) is 0 Å². The maximum absolute atomic E-state index is 13.1. The molecule has 2 amide bonds. The van der Waals surface area contributed by atoms with Crippen LogP contribution in [0, 0.1) is 0 Å². The van der Waals surface area contributed by atoms with Gasteiger partial charge in [0.1, 0.15) is 18.5 Å². The summed E-state index contributed by atoms with van der Waals surface area (Å²) in [5, 5.41) is 17.3. The Morgan fingerprint density at radius 2 is 1.53 bits per heavy atom. The van der Waals surface area contributed by atoms with E-state index in [1.807, 2.05) is 30.3 Å². The van der Waals surface area contributed by atoms with Gasteiger partial charge in [-0.15, -0.1) is 0 Å². The topological polar surface area (TPSA) is 147 Å². The molecule has 0 radical (unpaired) electrons. The van der Waals surface area contributed by atoms with Gasteiger partial charge in [0.15, 0.2) is 0 Å². The van der Waals surface area contributed by atoms with Crippen molar-refractivity contribution in [3.63, 3.8) is 0 Å². The van der Waals surface area contributed by atoms with Gasteiger partial charge in [-0.3, -0.25) is 14.4 Å². The van der Waals surface area contributed by atoms with Gasteiger partial charge in [0.2, 0.25) is 11.8 Å². The molecule has 1 unspecified atom stereocenters. The number of carbonyl (C=O) groups excluding carboxylic acids is 3. The SMILES string of the molecule is O=C(O)CC(NC(=O)[C@H](COC(=O)C(F)(F)F)NC(=O)CCCCNc1ccccn1)c1ccc(-c2ccccc2)cc1. The second kappa shape index (κ2) is 15.9. The highest BCUT2D eigenvalue weighted by Crippen LogP contribution is 2.24. The van der Waals surface area contributed by atoms with Crippen LogP contribution in [0.3, 0.4) is 0 Å². The van der Waals surface area contributed by atoms with E-state index in [0.717, 1.165) is 11.1 Å². The fraction of sp³-hybridized carbons (Fsp3) is 0.300. The Labute approximate surface area is 245 Å². The number of nitrogens with zero attached hydrogens (tertiary/aromatic N) is 1. The molecule has 43 heavy (non-hydrogen) atoms. The quantitative estimate of drug-likeness (QED) is 0.150. The molecule has 0 fully saturated rings. The van der Waals surface area contributed by atoms with Crippen LogP contribution < -0.4 is 16.0 Å². The molecule has 4 N–H and O–H groups in total. The number of hydrogen-bond acceptors (Lipinski definition) is 7. The number of nitrogens with one attached hydrogen (secondary N) is 3. The lowest BCUT2D eigenvalue weighted by molar-refractivity contribution is -0.200. The number of unbranched alkanes of at least 4 members (excludes halogenated alkanes) is 1. The van der Waals surface area contributed by atoms with E-state index < -0.39 is 55.0 Å². The first-order valence-corrected chi connectivity index (χ1v) is 13.4. The molecule has 0 aliphatic heterocycles. The van der Waals surface area contributed by atoms with Crippen LogP contribution in [0.4, 0.5) is 19.0 Å². The minimum absolute atomic E-state index is 0.0690. The number of alkyl halides is 3. The average molecular weight is 601 g/mol. The zero-order valence-electron chi connectivity index (χ0n) is 23.0. The minimum Gasteiger partial charge on any atom is -0.481 e. The van der Waals surface area contributed by atoms with Crippen molar-refractivity contribution in [2.45, 2.75) is 43.9 Å². The summed E-state index contributed by atoms with van der Waals surface area (Å²) in [6.45, 7) is -0.610. The Bertz CT molecular complexity index is 1360. The fourth-order valence-electron chi connectivity index (χ4n) is 4.02. The molecular formula is C30H31F3N4O6. The van der Waals surface area contributed by atoms with Gasteiger partial charge in [0.05, 0.1) is 12.5 Å². The minimum atomic E-state index is -5.31. The largest absolute Gasteiger partial charge is 0.490 e. The summed E-state index contributed by atoms with van der Waals surface area (Å²) in [5.41, 5.74) is 2.16. The van der Waals surface area contributed by atoms with Crippen molar-refractivity contribution < 1.29 is 42.2 Å². The van der Waals surface area contributed by atoms with E-state index in [-0.39, 0.29) is 6.42 Å². The van der Waals surface area contributed by atoms with E-state index in [1.54, 1.807) is 48.7 Å². The molecule has 1 heterocycles. The predicted molar refractivity (Wildman–Crippen MR) is 151 cm³/mol. The molecule has 3 rings (SSSR count). The first-order chi connectivity index (χ1) is 20.5. The van der Waals surface area contributed by atoms with E-state index in [0.29, 0.717) is 30.8 Å². The molecule has 0 bridgehead atoms. The number of rotatable bonds is 15. The number of esters is 1. The average Bonchev–Trinajstić information content (AvgIpc) is 2.99. The van der Waals surface area contributed by atoms with Gasteiger partial charge in [0.25, 0.3) is 0 Å². The molecule has 2 aromatic carbocycles.